The molecule has 2 aromatic carbocycles. The lowest BCUT2D eigenvalue weighted by Crippen LogP contribution is -2.20. The number of fused-ring (bicyclic) bond motifs is 1. The van der Waals surface area contributed by atoms with Gasteiger partial charge in [-0.1, -0.05) is 17.7 Å². The van der Waals surface area contributed by atoms with E-state index in [1.807, 2.05) is 62.6 Å². The van der Waals surface area contributed by atoms with Crippen LogP contribution in [0.2, 0.25) is 0 Å². The minimum Gasteiger partial charge on any atom is -0.497 e. The summed E-state index contributed by atoms with van der Waals surface area (Å²) in [6, 6.07) is 13.7. The number of hydrogen-bond acceptors (Lipinski definition) is 3. The van der Waals surface area contributed by atoms with Crippen LogP contribution in [-0.2, 0) is 0 Å². The molecule has 0 bridgehead atoms. The van der Waals surface area contributed by atoms with Crippen molar-refractivity contribution in [3.05, 3.63) is 82.5 Å². The van der Waals surface area contributed by atoms with E-state index in [9.17, 15) is 4.79 Å². The van der Waals surface area contributed by atoms with Gasteiger partial charge in [-0.3, -0.25) is 9.36 Å². The second-order valence-corrected chi connectivity index (χ2v) is 6.35. The molecule has 0 aliphatic rings. The van der Waals surface area contributed by atoms with Crippen LogP contribution in [0.5, 0.6) is 5.75 Å². The first-order valence-corrected chi connectivity index (χ1v) is 8.39. The highest BCUT2D eigenvalue weighted by molar-refractivity contribution is 5.63. The summed E-state index contributed by atoms with van der Waals surface area (Å²) in [7, 11) is 1.63. The Hall–Kier alpha value is -3.34. The van der Waals surface area contributed by atoms with Crippen molar-refractivity contribution in [1.29, 1.82) is 0 Å². The van der Waals surface area contributed by atoms with Crippen molar-refractivity contribution in [3.8, 4) is 22.7 Å². The smallest absolute Gasteiger partial charge is 0.298 e. The zero-order chi connectivity index (χ0) is 18.3. The molecule has 0 amide bonds. The molecule has 2 aromatic heterocycles. The third kappa shape index (κ3) is 2.67. The van der Waals surface area contributed by atoms with Gasteiger partial charge in [-0.05, 0) is 49.7 Å². The number of aryl methyl sites for hydroxylation is 2. The molecule has 2 heterocycles. The van der Waals surface area contributed by atoms with E-state index in [1.165, 1.54) is 5.56 Å². The average Bonchev–Trinajstić information content (AvgIpc) is 3.08. The molecular weight excluding hydrogens is 326 g/mol. The first-order valence-electron chi connectivity index (χ1n) is 8.39. The molecule has 0 aliphatic carbocycles. The largest absolute Gasteiger partial charge is 0.497 e. The maximum atomic E-state index is 13.0. The third-order valence-electron chi connectivity index (χ3n) is 4.52. The minimum absolute atomic E-state index is 0.140. The molecule has 4 aromatic rings. The first kappa shape index (κ1) is 16.1. The molecule has 0 fully saturated rings. The predicted octanol–water partition coefficient (Wildman–Crippen LogP) is 3.78. The highest BCUT2D eigenvalue weighted by atomic mass is 16.5. The molecule has 130 valence electrons. The summed E-state index contributed by atoms with van der Waals surface area (Å²) in [5.41, 5.74) is 5.05. The van der Waals surface area contributed by atoms with E-state index in [0.29, 0.717) is 5.65 Å². The van der Waals surface area contributed by atoms with Crippen LogP contribution in [0.25, 0.3) is 22.6 Å². The summed E-state index contributed by atoms with van der Waals surface area (Å²) in [5.74, 6) is 0.787. The van der Waals surface area contributed by atoms with Gasteiger partial charge in [0.05, 0.1) is 18.5 Å². The Morgan fingerprint density at radius 1 is 1.00 bits per heavy atom. The molecule has 0 aliphatic heterocycles. The lowest BCUT2D eigenvalue weighted by Gasteiger charge is -2.09. The quantitative estimate of drug-likeness (QED) is 0.568. The van der Waals surface area contributed by atoms with Crippen molar-refractivity contribution < 1.29 is 4.74 Å². The van der Waals surface area contributed by atoms with Gasteiger partial charge in [0.25, 0.3) is 5.56 Å². The van der Waals surface area contributed by atoms with Crippen molar-refractivity contribution >= 4 is 5.65 Å². The van der Waals surface area contributed by atoms with Gasteiger partial charge in [0.15, 0.2) is 0 Å². The van der Waals surface area contributed by atoms with Gasteiger partial charge in [-0.15, -0.1) is 0 Å². The Morgan fingerprint density at radius 2 is 1.77 bits per heavy atom. The molecule has 0 saturated carbocycles. The van der Waals surface area contributed by atoms with Gasteiger partial charge in [0.1, 0.15) is 5.75 Å². The highest BCUT2D eigenvalue weighted by Gasteiger charge is 2.11. The Balaban J connectivity index is 1.84. The molecule has 0 radical (unpaired) electrons. The summed E-state index contributed by atoms with van der Waals surface area (Å²) in [5, 5.41) is 0. The number of ether oxygens (including phenoxy) is 1. The van der Waals surface area contributed by atoms with Gasteiger partial charge >= 0.3 is 0 Å². The van der Waals surface area contributed by atoms with Gasteiger partial charge in [0, 0.05) is 24.2 Å². The van der Waals surface area contributed by atoms with Crippen LogP contribution in [0.1, 0.15) is 11.1 Å². The van der Waals surface area contributed by atoms with Crippen molar-refractivity contribution in [2.24, 2.45) is 0 Å². The molecular formula is C21H19N3O2. The minimum atomic E-state index is -0.140. The molecule has 5 nitrogen and oxygen atoms in total. The van der Waals surface area contributed by atoms with Crippen LogP contribution in [0, 0.1) is 13.8 Å². The third-order valence-corrected chi connectivity index (χ3v) is 4.52. The van der Waals surface area contributed by atoms with Crippen LogP contribution in [0.4, 0.5) is 0 Å². The summed E-state index contributed by atoms with van der Waals surface area (Å²) >= 11 is 0. The van der Waals surface area contributed by atoms with Crippen molar-refractivity contribution in [3.63, 3.8) is 0 Å². The standard InChI is InChI=1S/C21H19N3O2/c1-14-4-9-19(15(2)12-14)24-11-10-23-13-18(22-20(23)21(24)25)16-5-7-17(26-3)8-6-16/h4-13H,1-3H3. The van der Waals surface area contributed by atoms with Crippen LogP contribution in [0.3, 0.4) is 0 Å². The van der Waals surface area contributed by atoms with Gasteiger partial charge in [-0.25, -0.2) is 4.98 Å². The Morgan fingerprint density at radius 3 is 2.46 bits per heavy atom. The zero-order valence-electron chi connectivity index (χ0n) is 14.9. The fraction of sp³-hybridized carbons (Fsp3) is 0.143. The number of methoxy groups -OCH3 is 1. The van der Waals surface area contributed by atoms with Crippen molar-refractivity contribution in [1.82, 2.24) is 14.0 Å². The number of imidazole rings is 1. The van der Waals surface area contributed by atoms with Gasteiger partial charge in [0.2, 0.25) is 5.65 Å². The highest BCUT2D eigenvalue weighted by Crippen LogP contribution is 2.22. The lowest BCUT2D eigenvalue weighted by atomic mass is 10.1. The van der Waals surface area contributed by atoms with Crippen LogP contribution < -0.4 is 10.3 Å². The van der Waals surface area contributed by atoms with Crippen LogP contribution in [-0.4, -0.2) is 21.1 Å². The number of rotatable bonds is 3. The van der Waals surface area contributed by atoms with E-state index < -0.39 is 0 Å². The zero-order valence-corrected chi connectivity index (χ0v) is 14.9. The summed E-state index contributed by atoms with van der Waals surface area (Å²) < 4.78 is 8.60. The topological polar surface area (TPSA) is 48.5 Å². The molecule has 0 N–H and O–H groups in total. The van der Waals surface area contributed by atoms with E-state index in [0.717, 1.165) is 28.3 Å². The van der Waals surface area contributed by atoms with Crippen molar-refractivity contribution in [2.45, 2.75) is 13.8 Å². The van der Waals surface area contributed by atoms with Gasteiger partial charge < -0.3 is 9.14 Å². The van der Waals surface area contributed by atoms with Gasteiger partial charge in [-0.2, -0.15) is 0 Å². The van der Waals surface area contributed by atoms with E-state index in [-0.39, 0.29) is 5.56 Å². The van der Waals surface area contributed by atoms with Crippen LogP contribution in [0.15, 0.2) is 65.8 Å². The number of hydrogen-bond donors (Lipinski definition) is 0. The van der Waals surface area contributed by atoms with Crippen molar-refractivity contribution in [2.75, 3.05) is 7.11 Å². The Kier molecular flexibility index (Phi) is 3.84. The fourth-order valence-electron chi connectivity index (χ4n) is 3.15. The maximum absolute atomic E-state index is 13.0. The molecule has 0 saturated heterocycles. The van der Waals surface area contributed by atoms with E-state index >= 15 is 0 Å². The number of benzene rings is 2. The molecule has 0 spiro atoms. The second-order valence-electron chi connectivity index (χ2n) is 6.35. The summed E-state index contributed by atoms with van der Waals surface area (Å²) in [4.78, 5) is 17.5. The number of aromatic nitrogens is 3. The SMILES string of the molecule is COc1ccc(-c2cn3ccn(-c4ccc(C)cc4C)c(=O)c3n2)cc1. The van der Waals surface area contributed by atoms with Crippen LogP contribution >= 0.6 is 0 Å². The molecule has 4 rings (SSSR count). The second kappa shape index (κ2) is 6.19. The van der Waals surface area contributed by atoms with E-state index in [1.54, 1.807) is 22.3 Å². The molecule has 5 heteroatoms. The molecule has 0 unspecified atom stereocenters. The monoisotopic (exact) mass is 345 g/mol. The Labute approximate surface area is 151 Å². The van der Waals surface area contributed by atoms with E-state index in [2.05, 4.69) is 11.1 Å². The lowest BCUT2D eigenvalue weighted by molar-refractivity contribution is 0.415. The average molecular weight is 345 g/mol. The summed E-state index contributed by atoms with van der Waals surface area (Å²) in [6.07, 6.45) is 5.51. The first-order chi connectivity index (χ1) is 12.6. The number of nitrogens with zero attached hydrogens (tertiary/aromatic N) is 3. The fourth-order valence-corrected chi connectivity index (χ4v) is 3.15. The van der Waals surface area contributed by atoms with E-state index in [4.69, 9.17) is 4.74 Å². The normalized spacial score (nSPS) is 11.0. The molecule has 0 atom stereocenters. The summed E-state index contributed by atoms with van der Waals surface area (Å²) in [6.45, 7) is 4.05. The molecule has 26 heavy (non-hydrogen) atoms. The Bertz CT molecular complexity index is 1150. The predicted molar refractivity (Wildman–Crippen MR) is 102 cm³/mol. The maximum Gasteiger partial charge on any atom is 0.298 e.